The van der Waals surface area contributed by atoms with Crippen molar-refractivity contribution < 1.29 is 9.53 Å². The monoisotopic (exact) mass is 307 g/mol. The predicted octanol–water partition coefficient (Wildman–Crippen LogP) is 3.80. The zero-order valence-corrected chi connectivity index (χ0v) is 14.4. The summed E-state index contributed by atoms with van der Waals surface area (Å²) in [6.45, 7) is 11.1. The Balaban J connectivity index is 0.00000116. The van der Waals surface area contributed by atoms with Crippen molar-refractivity contribution in [2.45, 2.75) is 59.0 Å². The number of amides is 1. The molecule has 5 nitrogen and oxygen atoms in total. The molecule has 0 radical (unpaired) electrons. The molecule has 1 aliphatic rings. The fourth-order valence-electron chi connectivity index (χ4n) is 2.38. The van der Waals surface area contributed by atoms with Crippen molar-refractivity contribution in [2.75, 3.05) is 18.8 Å². The first kappa shape index (κ1) is 18.3. The maximum atomic E-state index is 12.0. The number of carbonyl (C=O) groups is 1. The molecule has 1 amide bonds. The van der Waals surface area contributed by atoms with E-state index in [1.165, 1.54) is 5.56 Å². The molecule has 0 bridgehead atoms. The van der Waals surface area contributed by atoms with E-state index in [-0.39, 0.29) is 6.09 Å². The number of anilines is 1. The van der Waals surface area contributed by atoms with E-state index < -0.39 is 5.60 Å². The highest BCUT2D eigenvalue weighted by molar-refractivity contribution is 5.68. The Kier molecular flexibility index (Phi) is 6.65. The van der Waals surface area contributed by atoms with E-state index in [0.29, 0.717) is 11.7 Å². The Labute approximate surface area is 133 Å². The molecule has 124 valence electrons. The van der Waals surface area contributed by atoms with Crippen LogP contribution in [0.3, 0.4) is 0 Å². The summed E-state index contributed by atoms with van der Waals surface area (Å²) in [5.74, 6) is 0.988. The van der Waals surface area contributed by atoms with E-state index in [1.54, 1.807) is 4.90 Å². The van der Waals surface area contributed by atoms with Crippen LogP contribution in [0.2, 0.25) is 0 Å². The fraction of sp³-hybridized carbons (Fsp3) is 0.647. The number of hydrogen-bond acceptors (Lipinski definition) is 4. The van der Waals surface area contributed by atoms with Crippen LogP contribution in [0.25, 0.3) is 0 Å². The van der Waals surface area contributed by atoms with Crippen molar-refractivity contribution >= 4 is 11.9 Å². The van der Waals surface area contributed by atoms with E-state index in [1.807, 2.05) is 52.9 Å². The lowest BCUT2D eigenvalue weighted by Crippen LogP contribution is -2.41. The summed E-state index contributed by atoms with van der Waals surface area (Å²) in [5.41, 5.74) is 6.36. The van der Waals surface area contributed by atoms with Gasteiger partial charge in [0.2, 0.25) is 0 Å². The van der Waals surface area contributed by atoms with Gasteiger partial charge in [-0.1, -0.05) is 19.9 Å². The van der Waals surface area contributed by atoms with Gasteiger partial charge in [-0.2, -0.15) is 0 Å². The molecule has 1 aromatic rings. The Bertz CT molecular complexity index is 458. The Morgan fingerprint density at radius 3 is 2.32 bits per heavy atom. The summed E-state index contributed by atoms with van der Waals surface area (Å²) in [5, 5.41) is 0. The average Bonchev–Trinajstić information content (AvgIpc) is 2.48. The zero-order chi connectivity index (χ0) is 16.8. The number of aromatic nitrogens is 1. The number of nitrogen functional groups attached to an aromatic ring is 1. The van der Waals surface area contributed by atoms with Gasteiger partial charge in [-0.25, -0.2) is 9.78 Å². The standard InChI is InChI=1S/C15H23N3O2.C2H6/c1-15(2,3)20-14(19)18-8-6-11(7-9-18)12-4-5-13(16)17-10-12;1-2/h4-5,10-11H,6-9H2,1-3H3,(H2,16,17);1-2H3. The second-order valence-electron chi connectivity index (χ2n) is 6.26. The van der Waals surface area contributed by atoms with Crippen LogP contribution in [-0.2, 0) is 4.74 Å². The van der Waals surface area contributed by atoms with E-state index in [2.05, 4.69) is 4.98 Å². The largest absolute Gasteiger partial charge is 0.444 e. The van der Waals surface area contributed by atoms with Crippen LogP contribution in [-0.4, -0.2) is 34.7 Å². The topological polar surface area (TPSA) is 68.5 Å². The Morgan fingerprint density at radius 1 is 1.27 bits per heavy atom. The predicted molar refractivity (Wildman–Crippen MR) is 89.8 cm³/mol. The summed E-state index contributed by atoms with van der Waals surface area (Å²) < 4.78 is 5.39. The van der Waals surface area contributed by atoms with Crippen molar-refractivity contribution in [3.8, 4) is 0 Å². The molecule has 2 N–H and O–H groups in total. The van der Waals surface area contributed by atoms with E-state index in [4.69, 9.17) is 10.5 Å². The van der Waals surface area contributed by atoms with Gasteiger partial charge in [-0.05, 0) is 51.2 Å². The Hall–Kier alpha value is -1.78. The molecule has 0 aromatic carbocycles. The normalized spacial score (nSPS) is 15.8. The molecule has 0 saturated carbocycles. The van der Waals surface area contributed by atoms with Crippen LogP contribution in [0.5, 0.6) is 0 Å². The fourth-order valence-corrected chi connectivity index (χ4v) is 2.38. The van der Waals surface area contributed by atoms with Gasteiger partial charge in [0, 0.05) is 19.3 Å². The summed E-state index contributed by atoms with van der Waals surface area (Å²) in [6, 6.07) is 3.85. The van der Waals surface area contributed by atoms with Crippen LogP contribution >= 0.6 is 0 Å². The van der Waals surface area contributed by atoms with E-state index >= 15 is 0 Å². The minimum Gasteiger partial charge on any atom is -0.444 e. The van der Waals surface area contributed by atoms with E-state index in [9.17, 15) is 4.79 Å². The third kappa shape index (κ3) is 5.54. The van der Waals surface area contributed by atoms with Crippen molar-refractivity contribution in [3.05, 3.63) is 23.9 Å². The van der Waals surface area contributed by atoms with Gasteiger partial charge in [0.25, 0.3) is 0 Å². The quantitative estimate of drug-likeness (QED) is 0.856. The summed E-state index contributed by atoms with van der Waals surface area (Å²) in [4.78, 5) is 17.9. The van der Waals surface area contributed by atoms with Crippen LogP contribution in [0.15, 0.2) is 18.3 Å². The van der Waals surface area contributed by atoms with Gasteiger partial charge in [-0.15, -0.1) is 0 Å². The number of nitrogens with zero attached hydrogens (tertiary/aromatic N) is 2. The molecule has 22 heavy (non-hydrogen) atoms. The summed E-state index contributed by atoms with van der Waals surface area (Å²) in [6.07, 6.45) is 3.49. The van der Waals surface area contributed by atoms with E-state index in [0.717, 1.165) is 25.9 Å². The number of hydrogen-bond donors (Lipinski definition) is 1. The number of piperidine rings is 1. The molecular formula is C17H29N3O2. The molecule has 5 heteroatoms. The summed E-state index contributed by atoms with van der Waals surface area (Å²) in [7, 11) is 0. The maximum absolute atomic E-state index is 12.0. The maximum Gasteiger partial charge on any atom is 0.410 e. The summed E-state index contributed by atoms with van der Waals surface area (Å²) >= 11 is 0. The lowest BCUT2D eigenvalue weighted by atomic mass is 9.91. The minimum absolute atomic E-state index is 0.216. The van der Waals surface area contributed by atoms with Gasteiger partial charge in [-0.3, -0.25) is 0 Å². The molecule has 1 fully saturated rings. The average molecular weight is 307 g/mol. The van der Waals surface area contributed by atoms with Crippen molar-refractivity contribution in [1.29, 1.82) is 0 Å². The number of carbonyl (C=O) groups excluding carboxylic acids is 1. The molecule has 2 rings (SSSR count). The number of ether oxygens (including phenoxy) is 1. The van der Waals surface area contributed by atoms with Crippen LogP contribution in [0.4, 0.5) is 10.6 Å². The van der Waals surface area contributed by atoms with Crippen molar-refractivity contribution in [1.82, 2.24) is 9.88 Å². The molecular weight excluding hydrogens is 278 g/mol. The van der Waals surface area contributed by atoms with Crippen LogP contribution < -0.4 is 5.73 Å². The second-order valence-corrected chi connectivity index (χ2v) is 6.26. The van der Waals surface area contributed by atoms with Crippen molar-refractivity contribution in [3.63, 3.8) is 0 Å². The molecule has 1 saturated heterocycles. The number of likely N-dealkylation sites (tertiary alicyclic amines) is 1. The lowest BCUT2D eigenvalue weighted by Gasteiger charge is -2.33. The number of pyridine rings is 1. The first-order valence-electron chi connectivity index (χ1n) is 8.04. The number of rotatable bonds is 1. The molecule has 0 spiro atoms. The van der Waals surface area contributed by atoms with Gasteiger partial charge >= 0.3 is 6.09 Å². The van der Waals surface area contributed by atoms with Gasteiger partial charge < -0.3 is 15.4 Å². The molecule has 0 unspecified atom stereocenters. The van der Waals surface area contributed by atoms with Crippen LogP contribution in [0, 0.1) is 0 Å². The first-order chi connectivity index (χ1) is 10.3. The third-order valence-electron chi connectivity index (χ3n) is 3.43. The molecule has 1 aliphatic heterocycles. The highest BCUT2D eigenvalue weighted by Crippen LogP contribution is 2.28. The highest BCUT2D eigenvalue weighted by atomic mass is 16.6. The molecule has 2 heterocycles. The third-order valence-corrected chi connectivity index (χ3v) is 3.43. The SMILES string of the molecule is CC.CC(C)(C)OC(=O)N1CCC(c2ccc(N)nc2)CC1. The van der Waals surface area contributed by atoms with Gasteiger partial charge in [0.15, 0.2) is 0 Å². The minimum atomic E-state index is -0.436. The molecule has 0 atom stereocenters. The second kappa shape index (κ2) is 8.01. The molecule has 1 aromatic heterocycles. The van der Waals surface area contributed by atoms with Crippen LogP contribution in [0.1, 0.15) is 58.9 Å². The first-order valence-corrected chi connectivity index (χ1v) is 8.04. The Morgan fingerprint density at radius 2 is 1.86 bits per heavy atom. The van der Waals surface area contributed by atoms with Crippen molar-refractivity contribution in [2.24, 2.45) is 0 Å². The zero-order valence-electron chi connectivity index (χ0n) is 14.4. The van der Waals surface area contributed by atoms with Gasteiger partial charge in [0.1, 0.15) is 11.4 Å². The van der Waals surface area contributed by atoms with Gasteiger partial charge in [0.05, 0.1) is 0 Å². The lowest BCUT2D eigenvalue weighted by molar-refractivity contribution is 0.0205. The number of nitrogens with two attached hydrogens (primary N) is 1. The highest BCUT2D eigenvalue weighted by Gasteiger charge is 2.27. The molecule has 0 aliphatic carbocycles. The smallest absolute Gasteiger partial charge is 0.410 e.